The normalized spacial score (nSPS) is 19.5. The van der Waals surface area contributed by atoms with Gasteiger partial charge >= 0.3 is 0 Å². The van der Waals surface area contributed by atoms with E-state index in [1.165, 1.54) is 11.3 Å². The lowest BCUT2D eigenvalue weighted by atomic mass is 10.0. The summed E-state index contributed by atoms with van der Waals surface area (Å²) < 4.78 is 8.62. The topological polar surface area (TPSA) is 72.3 Å². The molecule has 5 rings (SSSR count). The molecule has 162 valence electrons. The van der Waals surface area contributed by atoms with Gasteiger partial charge in [-0.25, -0.2) is 9.97 Å². The number of hydrogen-bond donors (Lipinski definition) is 1. The van der Waals surface area contributed by atoms with Gasteiger partial charge in [0.05, 0.1) is 17.5 Å². The molecule has 1 saturated carbocycles. The van der Waals surface area contributed by atoms with Crippen LogP contribution >= 0.6 is 0 Å². The number of hydrogen-bond acceptors (Lipinski definition) is 5. The van der Waals surface area contributed by atoms with E-state index in [1.807, 2.05) is 27.3 Å². The summed E-state index contributed by atoms with van der Waals surface area (Å²) in [6.45, 7) is 4.79. The predicted octanol–water partition coefficient (Wildman–Crippen LogP) is 3.71. The predicted molar refractivity (Wildman–Crippen MR) is 122 cm³/mol. The Labute approximate surface area is 182 Å². The molecule has 3 aromatic rings. The second-order valence-electron chi connectivity index (χ2n) is 9.05. The summed E-state index contributed by atoms with van der Waals surface area (Å²) in [7, 11) is 4.10. The fraction of sp³-hybridized carbons (Fsp3) is 0.458. The lowest BCUT2D eigenvalue weighted by Crippen LogP contribution is -2.26. The van der Waals surface area contributed by atoms with E-state index < -0.39 is 0 Å². The van der Waals surface area contributed by atoms with E-state index in [4.69, 9.17) is 9.72 Å². The van der Waals surface area contributed by atoms with Crippen LogP contribution in [0, 0.1) is 12.8 Å². The van der Waals surface area contributed by atoms with Crippen LogP contribution in [-0.2, 0) is 4.79 Å². The second-order valence-corrected chi connectivity index (χ2v) is 9.05. The van der Waals surface area contributed by atoms with Gasteiger partial charge in [0.2, 0.25) is 11.8 Å². The summed E-state index contributed by atoms with van der Waals surface area (Å²) in [6, 6.07) is 8.91. The number of amides is 1. The summed E-state index contributed by atoms with van der Waals surface area (Å²) >= 11 is 0. The third-order valence-corrected chi connectivity index (χ3v) is 6.41. The van der Waals surface area contributed by atoms with Crippen LogP contribution in [0.3, 0.4) is 0 Å². The number of pyridine rings is 1. The minimum Gasteiger partial charge on any atom is -0.473 e. The first-order valence-electron chi connectivity index (χ1n) is 11.0. The molecule has 0 bridgehead atoms. The van der Waals surface area contributed by atoms with E-state index in [0.717, 1.165) is 35.1 Å². The molecule has 2 aliphatic rings. The Kier molecular flexibility index (Phi) is 4.84. The van der Waals surface area contributed by atoms with Crippen molar-refractivity contribution in [3.63, 3.8) is 0 Å². The fourth-order valence-electron chi connectivity index (χ4n) is 4.43. The first-order chi connectivity index (χ1) is 14.9. The van der Waals surface area contributed by atoms with E-state index in [0.29, 0.717) is 24.9 Å². The molecule has 1 saturated heterocycles. The molecular weight excluding hydrogens is 390 g/mol. The maximum atomic E-state index is 11.7. The number of carbonyl (C=O) groups excluding carboxylic acids is 1. The Hall–Kier alpha value is -3.09. The molecule has 1 aliphatic heterocycles. The molecule has 1 unspecified atom stereocenters. The van der Waals surface area contributed by atoms with Crippen molar-refractivity contribution in [2.24, 2.45) is 5.92 Å². The molecule has 1 aromatic carbocycles. The van der Waals surface area contributed by atoms with Crippen molar-refractivity contribution < 1.29 is 9.53 Å². The number of carbonyl (C=O) groups is 1. The van der Waals surface area contributed by atoms with Gasteiger partial charge in [0.15, 0.2) is 0 Å². The molecule has 0 radical (unpaired) electrons. The highest BCUT2D eigenvalue weighted by Gasteiger charge is 2.31. The smallest absolute Gasteiger partial charge is 0.241 e. The summed E-state index contributed by atoms with van der Waals surface area (Å²) in [5.74, 6) is 0.844. The van der Waals surface area contributed by atoms with Crippen molar-refractivity contribution in [3.05, 3.63) is 36.2 Å². The van der Waals surface area contributed by atoms with Gasteiger partial charge in [0, 0.05) is 50.3 Å². The number of nitrogens with zero attached hydrogens (tertiary/aromatic N) is 4. The highest BCUT2D eigenvalue weighted by molar-refractivity contribution is 5.85. The van der Waals surface area contributed by atoms with Gasteiger partial charge < -0.3 is 19.5 Å². The standard InChI is InChI=1S/C24H29N5O2/c1-14-9-16(5-8-21(14)28(3)4)19-11-20-23(29(13-26-20)18-6-7-18)24(27-19)31-15(2)17-10-22(30)25-12-17/h5,8-9,11,13,15,17-18H,6-7,10,12H2,1-4H3,(H,25,30)/t15-,17?/m1/s1. The number of nitrogens with one attached hydrogen (secondary N) is 1. The molecule has 31 heavy (non-hydrogen) atoms. The molecule has 1 amide bonds. The Morgan fingerprint density at radius 1 is 1.26 bits per heavy atom. The van der Waals surface area contributed by atoms with Crippen LogP contribution in [0.2, 0.25) is 0 Å². The van der Waals surface area contributed by atoms with Crippen molar-refractivity contribution in [2.75, 3.05) is 25.5 Å². The third-order valence-electron chi connectivity index (χ3n) is 6.41. The number of aryl methyl sites for hydroxylation is 1. The molecule has 2 fully saturated rings. The first-order valence-corrected chi connectivity index (χ1v) is 11.0. The minimum absolute atomic E-state index is 0.0896. The van der Waals surface area contributed by atoms with E-state index >= 15 is 0 Å². The van der Waals surface area contributed by atoms with Crippen LogP contribution in [0.25, 0.3) is 22.3 Å². The van der Waals surface area contributed by atoms with E-state index in [9.17, 15) is 4.79 Å². The van der Waals surface area contributed by atoms with E-state index in [1.54, 1.807) is 0 Å². The molecular formula is C24H29N5O2. The monoisotopic (exact) mass is 419 g/mol. The van der Waals surface area contributed by atoms with Crippen molar-refractivity contribution >= 4 is 22.6 Å². The van der Waals surface area contributed by atoms with Crippen LogP contribution in [0.1, 0.15) is 37.8 Å². The van der Waals surface area contributed by atoms with Gasteiger partial charge in [-0.2, -0.15) is 0 Å². The quantitative estimate of drug-likeness (QED) is 0.659. The number of ether oxygens (including phenoxy) is 1. The summed E-state index contributed by atoms with van der Waals surface area (Å²) in [5.41, 5.74) is 6.13. The van der Waals surface area contributed by atoms with E-state index in [2.05, 4.69) is 51.0 Å². The van der Waals surface area contributed by atoms with Crippen LogP contribution in [0.15, 0.2) is 30.6 Å². The summed E-state index contributed by atoms with van der Waals surface area (Å²) in [4.78, 5) is 23.4. The Balaban J connectivity index is 1.56. The number of anilines is 1. The molecule has 2 aromatic heterocycles. The zero-order chi connectivity index (χ0) is 21.7. The summed E-state index contributed by atoms with van der Waals surface area (Å²) in [6.07, 6.45) is 4.61. The van der Waals surface area contributed by atoms with Gasteiger partial charge in [0.25, 0.3) is 0 Å². The van der Waals surface area contributed by atoms with Crippen LogP contribution in [0.5, 0.6) is 5.88 Å². The number of aromatic nitrogens is 3. The highest BCUT2D eigenvalue weighted by atomic mass is 16.5. The summed E-state index contributed by atoms with van der Waals surface area (Å²) in [5, 5.41) is 2.90. The number of imidazole rings is 1. The second kappa shape index (κ2) is 7.55. The number of rotatable bonds is 6. The van der Waals surface area contributed by atoms with Crippen molar-refractivity contribution in [3.8, 4) is 17.1 Å². The van der Waals surface area contributed by atoms with Gasteiger partial charge in [-0.15, -0.1) is 0 Å². The SMILES string of the molecule is Cc1cc(-c2cc3ncn(C4CC4)c3c(O[C@H](C)C3CNC(=O)C3)n2)ccc1N(C)C. The Morgan fingerprint density at radius 3 is 2.71 bits per heavy atom. The highest BCUT2D eigenvalue weighted by Crippen LogP contribution is 2.40. The zero-order valence-electron chi connectivity index (χ0n) is 18.6. The van der Waals surface area contributed by atoms with Crippen LogP contribution < -0.4 is 15.0 Å². The molecule has 7 nitrogen and oxygen atoms in total. The zero-order valence-corrected chi connectivity index (χ0v) is 18.6. The van der Waals surface area contributed by atoms with Crippen molar-refractivity contribution in [2.45, 2.75) is 45.3 Å². The largest absolute Gasteiger partial charge is 0.473 e. The first kappa shape index (κ1) is 19.8. The maximum absolute atomic E-state index is 11.7. The van der Waals surface area contributed by atoms with Crippen LogP contribution in [-0.4, -0.2) is 47.2 Å². The molecule has 7 heteroatoms. The fourth-order valence-corrected chi connectivity index (χ4v) is 4.43. The molecule has 0 spiro atoms. The van der Waals surface area contributed by atoms with Gasteiger partial charge in [-0.05, 0) is 50.5 Å². The van der Waals surface area contributed by atoms with Gasteiger partial charge in [-0.1, -0.05) is 6.07 Å². The lowest BCUT2D eigenvalue weighted by molar-refractivity contribution is -0.119. The lowest BCUT2D eigenvalue weighted by Gasteiger charge is -2.21. The molecule has 1 aliphatic carbocycles. The number of fused-ring (bicyclic) bond motifs is 1. The average Bonchev–Trinajstić information content (AvgIpc) is 3.33. The third kappa shape index (κ3) is 3.73. The average molecular weight is 420 g/mol. The Bertz CT molecular complexity index is 1150. The Morgan fingerprint density at radius 2 is 2.06 bits per heavy atom. The molecule has 3 heterocycles. The van der Waals surface area contributed by atoms with Gasteiger partial charge in [-0.3, -0.25) is 4.79 Å². The van der Waals surface area contributed by atoms with Crippen LogP contribution in [0.4, 0.5) is 5.69 Å². The van der Waals surface area contributed by atoms with E-state index in [-0.39, 0.29) is 17.9 Å². The van der Waals surface area contributed by atoms with Crippen molar-refractivity contribution in [1.29, 1.82) is 0 Å². The maximum Gasteiger partial charge on any atom is 0.241 e. The van der Waals surface area contributed by atoms with Crippen molar-refractivity contribution in [1.82, 2.24) is 19.9 Å². The minimum atomic E-state index is -0.120. The number of benzene rings is 1. The molecule has 1 N–H and O–H groups in total. The molecule has 2 atom stereocenters. The van der Waals surface area contributed by atoms with Gasteiger partial charge in [0.1, 0.15) is 11.6 Å².